The number of hydrogen-bond donors (Lipinski definition) is 1. The van der Waals surface area contributed by atoms with Crippen molar-refractivity contribution in [3.05, 3.63) is 69.8 Å². The van der Waals surface area contributed by atoms with E-state index in [0.717, 1.165) is 27.2 Å². The molecule has 0 spiro atoms. The van der Waals surface area contributed by atoms with Gasteiger partial charge < -0.3 is 10.1 Å². The molecule has 0 atom stereocenters. The van der Waals surface area contributed by atoms with E-state index < -0.39 is 0 Å². The fraction of sp³-hybridized carbons (Fsp3) is 0.167. The smallest absolute Gasteiger partial charge is 0.187 e. The highest BCUT2D eigenvalue weighted by Crippen LogP contribution is 2.21. The molecule has 0 fully saturated rings. The molecule has 2 aromatic carbocycles. The van der Waals surface area contributed by atoms with Crippen molar-refractivity contribution in [2.75, 3.05) is 12.4 Å². The molecule has 0 unspecified atom stereocenters. The average molecular weight is 360 g/mol. The Balaban J connectivity index is 2.09. The summed E-state index contributed by atoms with van der Waals surface area (Å²) >= 11 is 3.47. The van der Waals surface area contributed by atoms with Crippen molar-refractivity contribution in [3.8, 4) is 5.75 Å². The van der Waals surface area contributed by atoms with E-state index in [1.54, 1.807) is 37.5 Å². The first kappa shape index (κ1) is 16.3. The molecule has 0 saturated carbocycles. The van der Waals surface area contributed by atoms with E-state index in [2.05, 4.69) is 21.2 Å². The number of allylic oxidation sites excluding steroid dienone is 2. The number of carbonyl (C=O) groups is 1. The molecule has 0 amide bonds. The number of benzene rings is 2. The topological polar surface area (TPSA) is 38.3 Å². The Labute approximate surface area is 139 Å². The molecule has 0 aliphatic rings. The van der Waals surface area contributed by atoms with Gasteiger partial charge in [-0.15, -0.1) is 0 Å². The van der Waals surface area contributed by atoms with Crippen molar-refractivity contribution in [3.63, 3.8) is 0 Å². The zero-order valence-corrected chi connectivity index (χ0v) is 14.4. The number of methoxy groups -OCH3 is 1. The van der Waals surface area contributed by atoms with Crippen molar-refractivity contribution < 1.29 is 9.53 Å². The molecule has 114 valence electrons. The number of aryl methyl sites for hydroxylation is 1. The van der Waals surface area contributed by atoms with E-state index in [-0.39, 0.29) is 5.78 Å². The first-order valence-electron chi connectivity index (χ1n) is 6.89. The van der Waals surface area contributed by atoms with Crippen LogP contribution in [0.2, 0.25) is 0 Å². The highest BCUT2D eigenvalue weighted by molar-refractivity contribution is 9.10. The van der Waals surface area contributed by atoms with E-state index in [1.807, 2.05) is 32.0 Å². The van der Waals surface area contributed by atoms with Gasteiger partial charge in [0.15, 0.2) is 5.78 Å². The number of anilines is 1. The summed E-state index contributed by atoms with van der Waals surface area (Å²) in [5.41, 5.74) is 3.52. The van der Waals surface area contributed by atoms with Crippen LogP contribution in [0.4, 0.5) is 5.69 Å². The molecule has 4 heteroatoms. The number of hydrogen-bond acceptors (Lipinski definition) is 3. The highest BCUT2D eigenvalue weighted by atomic mass is 79.9. The average Bonchev–Trinajstić information content (AvgIpc) is 2.51. The zero-order chi connectivity index (χ0) is 16.1. The third kappa shape index (κ3) is 4.21. The quantitative estimate of drug-likeness (QED) is 0.605. The van der Waals surface area contributed by atoms with Crippen molar-refractivity contribution in [2.24, 2.45) is 0 Å². The summed E-state index contributed by atoms with van der Waals surface area (Å²) in [4.78, 5) is 12.2. The van der Waals surface area contributed by atoms with Gasteiger partial charge in [0, 0.05) is 27.5 Å². The zero-order valence-electron chi connectivity index (χ0n) is 12.8. The molecule has 1 N–H and O–H groups in total. The van der Waals surface area contributed by atoms with Gasteiger partial charge in [0.1, 0.15) is 5.75 Å². The molecule has 3 nitrogen and oxygen atoms in total. The molecule has 2 aromatic rings. The molecule has 0 heterocycles. The molecule has 22 heavy (non-hydrogen) atoms. The third-order valence-electron chi connectivity index (χ3n) is 3.22. The lowest BCUT2D eigenvalue weighted by molar-refractivity contribution is 0.104. The van der Waals surface area contributed by atoms with Gasteiger partial charge in [-0.3, -0.25) is 4.79 Å². The van der Waals surface area contributed by atoms with E-state index in [9.17, 15) is 4.79 Å². The Bertz CT molecular complexity index is 706. The van der Waals surface area contributed by atoms with E-state index in [0.29, 0.717) is 5.56 Å². The molecule has 0 aliphatic carbocycles. The largest absolute Gasteiger partial charge is 0.497 e. The third-order valence-corrected chi connectivity index (χ3v) is 4.11. The van der Waals surface area contributed by atoms with E-state index in [1.165, 1.54) is 0 Å². The highest BCUT2D eigenvalue weighted by Gasteiger charge is 2.04. The van der Waals surface area contributed by atoms with Gasteiger partial charge in [-0.2, -0.15) is 0 Å². The van der Waals surface area contributed by atoms with Gasteiger partial charge in [0.2, 0.25) is 0 Å². The normalized spacial score (nSPS) is 11.2. The fourth-order valence-electron chi connectivity index (χ4n) is 2.02. The van der Waals surface area contributed by atoms with Crippen LogP contribution in [0.1, 0.15) is 22.8 Å². The summed E-state index contributed by atoms with van der Waals surface area (Å²) in [6, 6.07) is 13.1. The number of nitrogens with one attached hydrogen (secondary N) is 1. The second kappa shape index (κ2) is 7.27. The van der Waals surface area contributed by atoms with Gasteiger partial charge in [0.25, 0.3) is 0 Å². The van der Waals surface area contributed by atoms with Gasteiger partial charge in [0.05, 0.1) is 7.11 Å². The minimum absolute atomic E-state index is 0.0403. The monoisotopic (exact) mass is 359 g/mol. The van der Waals surface area contributed by atoms with Crippen LogP contribution >= 0.6 is 15.9 Å². The van der Waals surface area contributed by atoms with Crippen LogP contribution in [0, 0.1) is 6.92 Å². The SMILES string of the molecule is COc1ccc(C(=O)/C=C(\C)Nc2ccc(Br)c(C)c2)cc1. The predicted molar refractivity (Wildman–Crippen MR) is 93.6 cm³/mol. The van der Waals surface area contributed by atoms with Gasteiger partial charge in [-0.05, 0) is 61.9 Å². The van der Waals surface area contributed by atoms with Crippen LogP contribution in [0.15, 0.2) is 58.7 Å². The fourth-order valence-corrected chi connectivity index (χ4v) is 2.27. The minimum atomic E-state index is -0.0403. The van der Waals surface area contributed by atoms with Gasteiger partial charge >= 0.3 is 0 Å². The Morgan fingerprint density at radius 1 is 1.18 bits per heavy atom. The number of ether oxygens (including phenoxy) is 1. The summed E-state index contributed by atoms with van der Waals surface area (Å²) in [6.45, 7) is 3.90. The standard InChI is InChI=1S/C18H18BrNO2/c1-12-10-15(6-9-17(12)19)20-13(2)11-18(21)14-4-7-16(22-3)8-5-14/h4-11,20H,1-3H3/b13-11+. The summed E-state index contributed by atoms with van der Waals surface area (Å²) < 4.78 is 6.15. The molecule has 0 saturated heterocycles. The minimum Gasteiger partial charge on any atom is -0.497 e. The van der Waals surface area contributed by atoms with E-state index in [4.69, 9.17) is 4.74 Å². The van der Waals surface area contributed by atoms with Crippen molar-refractivity contribution in [1.82, 2.24) is 0 Å². The second-order valence-corrected chi connectivity index (χ2v) is 5.86. The summed E-state index contributed by atoms with van der Waals surface area (Å²) in [5, 5.41) is 3.23. The lowest BCUT2D eigenvalue weighted by atomic mass is 10.1. The molecule has 0 radical (unpaired) electrons. The van der Waals surface area contributed by atoms with Crippen LogP contribution < -0.4 is 10.1 Å². The van der Waals surface area contributed by atoms with Crippen molar-refractivity contribution in [2.45, 2.75) is 13.8 Å². The lowest BCUT2D eigenvalue weighted by Gasteiger charge is -2.08. The molecule has 2 rings (SSSR count). The number of carbonyl (C=O) groups excluding carboxylic acids is 1. The maximum absolute atomic E-state index is 12.2. The summed E-state index contributed by atoms with van der Waals surface area (Å²) in [6.07, 6.45) is 1.60. The number of halogens is 1. The van der Waals surface area contributed by atoms with Crippen molar-refractivity contribution in [1.29, 1.82) is 0 Å². The van der Waals surface area contributed by atoms with Crippen LogP contribution in [-0.4, -0.2) is 12.9 Å². The molecule has 0 bridgehead atoms. The van der Waals surface area contributed by atoms with Gasteiger partial charge in [-0.1, -0.05) is 15.9 Å². The number of rotatable bonds is 5. The summed E-state index contributed by atoms with van der Waals surface area (Å²) in [7, 11) is 1.60. The number of ketones is 1. The van der Waals surface area contributed by atoms with Crippen LogP contribution in [0.5, 0.6) is 5.75 Å². The molecular weight excluding hydrogens is 342 g/mol. The Morgan fingerprint density at radius 3 is 2.45 bits per heavy atom. The Morgan fingerprint density at radius 2 is 1.86 bits per heavy atom. The summed E-state index contributed by atoms with van der Waals surface area (Å²) in [5.74, 6) is 0.696. The molecular formula is C18H18BrNO2. The van der Waals surface area contributed by atoms with Gasteiger partial charge in [-0.25, -0.2) is 0 Å². The Kier molecular flexibility index (Phi) is 5.39. The first-order chi connectivity index (χ1) is 10.5. The van der Waals surface area contributed by atoms with Crippen LogP contribution in [0.3, 0.4) is 0 Å². The lowest BCUT2D eigenvalue weighted by Crippen LogP contribution is -2.01. The maximum Gasteiger partial charge on any atom is 0.187 e. The second-order valence-electron chi connectivity index (χ2n) is 5.01. The molecule has 0 aliphatic heterocycles. The predicted octanol–water partition coefficient (Wildman–Crippen LogP) is 4.96. The Hall–Kier alpha value is -2.07. The molecule has 0 aromatic heterocycles. The van der Waals surface area contributed by atoms with Crippen molar-refractivity contribution >= 4 is 27.4 Å². The van der Waals surface area contributed by atoms with E-state index >= 15 is 0 Å². The van der Waals surface area contributed by atoms with Crippen LogP contribution in [-0.2, 0) is 0 Å². The maximum atomic E-state index is 12.2. The first-order valence-corrected chi connectivity index (χ1v) is 7.69. The van der Waals surface area contributed by atoms with Crippen LogP contribution in [0.25, 0.3) is 0 Å².